The van der Waals surface area contributed by atoms with Gasteiger partial charge in [0.25, 0.3) is 0 Å². The van der Waals surface area contributed by atoms with Crippen LogP contribution in [0.25, 0.3) is 73.8 Å². The van der Waals surface area contributed by atoms with Crippen LogP contribution in [0.2, 0.25) is 0 Å². The Kier molecular flexibility index (Phi) is 25.9. The van der Waals surface area contributed by atoms with Crippen molar-refractivity contribution in [2.75, 3.05) is 26.4 Å². The number of ether oxygens (including phenoxy) is 4. The summed E-state index contributed by atoms with van der Waals surface area (Å²) in [5.74, 6) is 2.76. The lowest BCUT2D eigenvalue weighted by Gasteiger charge is -2.35. The van der Waals surface area contributed by atoms with E-state index in [0.717, 1.165) is 168 Å². The molecular weight excluding hydrogens is 1550 g/mol. The Balaban J connectivity index is 0.944. The van der Waals surface area contributed by atoms with Gasteiger partial charge in [0.1, 0.15) is 58.4 Å². The van der Waals surface area contributed by atoms with Crippen molar-refractivity contribution in [1.29, 1.82) is 21.0 Å². The molecule has 0 amide bonds. The number of hydrogen-bond donors (Lipinski definition) is 0. The first kappa shape index (κ1) is 82.5. The van der Waals surface area contributed by atoms with Gasteiger partial charge < -0.3 is 18.9 Å². The van der Waals surface area contributed by atoms with Crippen molar-refractivity contribution >= 4 is 110 Å². The predicted octanol–water partition coefficient (Wildman–Crippen LogP) is 29.2. The Morgan fingerprint density at radius 3 is 0.892 bits per heavy atom. The summed E-state index contributed by atoms with van der Waals surface area (Å²) in [5, 5.41) is 44.1. The second-order valence-electron chi connectivity index (χ2n) is 32.3. The number of thiophene rings is 4. The van der Waals surface area contributed by atoms with Gasteiger partial charge in [-0.15, -0.1) is 45.3 Å². The number of unbranched alkanes of at least 4 members (excludes halogenated alkanes) is 20. The molecule has 120 heavy (non-hydrogen) atoms. The van der Waals surface area contributed by atoms with Crippen LogP contribution in [-0.2, 0) is 10.8 Å². The van der Waals surface area contributed by atoms with Crippen molar-refractivity contribution in [3.63, 3.8) is 0 Å². The molecule has 12 aromatic rings. The third-order valence-corrected chi connectivity index (χ3v) is 29.4. The molecule has 0 saturated heterocycles. The van der Waals surface area contributed by atoms with Gasteiger partial charge in [0, 0.05) is 73.5 Å². The number of ketones is 2. The molecule has 4 aromatic heterocycles. The van der Waals surface area contributed by atoms with Crippen LogP contribution in [0.3, 0.4) is 0 Å². The molecule has 0 atom stereocenters. The highest BCUT2D eigenvalue weighted by Gasteiger charge is 2.55. The van der Waals surface area contributed by atoms with Gasteiger partial charge in [-0.3, -0.25) is 9.59 Å². The topological polar surface area (TPSA) is 166 Å². The highest BCUT2D eigenvalue weighted by molar-refractivity contribution is 7.32. The van der Waals surface area contributed by atoms with Gasteiger partial charge in [-0.05, 0) is 165 Å². The lowest BCUT2D eigenvalue weighted by Crippen LogP contribution is -2.29. The zero-order valence-electron chi connectivity index (χ0n) is 69.1. The first-order valence-electron chi connectivity index (χ1n) is 43.6. The summed E-state index contributed by atoms with van der Waals surface area (Å²) in [6, 6.07) is 72.1. The number of allylic oxidation sites excluding steroid dienone is 6. The number of carbonyl (C=O) groups is 2. The van der Waals surface area contributed by atoms with Gasteiger partial charge in [-0.2, -0.15) is 21.0 Å². The highest BCUT2D eigenvalue weighted by atomic mass is 32.1. The molecule has 0 saturated carbocycles. The number of rotatable bonds is 38. The van der Waals surface area contributed by atoms with Gasteiger partial charge in [-0.25, -0.2) is 0 Å². The number of benzene rings is 8. The summed E-state index contributed by atoms with van der Waals surface area (Å²) in [6.45, 7) is 11.5. The average Bonchev–Trinajstić information content (AvgIpc) is 1.48. The molecule has 0 N–H and O–H groups in total. The van der Waals surface area contributed by atoms with Crippen LogP contribution < -0.4 is 18.9 Å². The SMILES string of the molecule is CCCCCCCCOc1ccc(C2(c3ccc(OCCCCCCCC)cc3)c3c(ccc4cc(/C=C5\C(=O)c6ccccc6C5=C(C#N)C#N)sc34)-c3sc4c5c(sc4c32)-c2ccc3cc(/C=C4\C(=O)c6ccccc6C4=C(C#N)C#N)sc3c2C5(c2ccc(OCCCCCCCC)cc2)c2ccc(OCCCCCCCC)cc2)cc1. The number of nitrogens with zero attached hydrogens (tertiary/aromatic N) is 4. The fourth-order valence-electron chi connectivity index (χ4n) is 18.7. The van der Waals surface area contributed by atoms with Crippen LogP contribution in [0, 0.1) is 45.3 Å². The maximum atomic E-state index is 14.8. The van der Waals surface area contributed by atoms with E-state index < -0.39 is 10.8 Å². The molecule has 604 valence electrons. The molecule has 0 aliphatic heterocycles. The van der Waals surface area contributed by atoms with Crippen LogP contribution >= 0.6 is 45.3 Å². The van der Waals surface area contributed by atoms with Crippen molar-refractivity contribution in [2.24, 2.45) is 0 Å². The largest absolute Gasteiger partial charge is 0.494 e. The van der Waals surface area contributed by atoms with Crippen molar-refractivity contribution in [1.82, 2.24) is 0 Å². The van der Waals surface area contributed by atoms with Crippen LogP contribution in [0.5, 0.6) is 23.0 Å². The van der Waals surface area contributed by atoms with Crippen molar-refractivity contribution in [3.05, 3.63) is 281 Å². The van der Waals surface area contributed by atoms with E-state index in [4.69, 9.17) is 18.9 Å². The molecule has 14 heteroatoms. The van der Waals surface area contributed by atoms with Gasteiger partial charge in [0.05, 0.1) is 46.7 Å². The van der Waals surface area contributed by atoms with E-state index in [1.807, 2.05) is 71.2 Å². The number of Topliss-reactive ketones (excluding diaryl/α,β-unsaturated/α-hetero) is 2. The standard InChI is InChI=1S/C106H100N4O6S4/c1-5-9-13-17-21-29-57-113-77-47-39-73(40-48-77)105(74-41-49-78(50-42-74)114-58-30-22-18-14-10-6-2)93-87(55-37-69-61-81(117-99(69)93)63-89-91(71(65-107)66-108)83-33-25-27-35-85(83)97(89)111)101-95(105)103-104(119-101)96-102(120-103)88-56-38-70-62-82(64-90-92(72(67-109)68-110)84-34-26-28-36-86(84)98(90)112)118-100(70)94(88)106(96,75-43-51-79(52-44-75)115-59-31-23-19-15-11-7-3)76-45-53-80(54-46-76)116-60-32-24-20-16-12-8-4/h25-28,33-56,61-64H,5-24,29-32,57-60H2,1-4H3/b89-63-,90-64-. The Morgan fingerprint density at radius 1 is 0.317 bits per heavy atom. The smallest absolute Gasteiger partial charge is 0.194 e. The summed E-state index contributed by atoms with van der Waals surface area (Å²) in [7, 11) is 0. The zero-order chi connectivity index (χ0) is 82.7. The zero-order valence-corrected chi connectivity index (χ0v) is 72.4. The Hall–Kier alpha value is -11.2. The maximum absolute atomic E-state index is 14.8. The van der Waals surface area contributed by atoms with Gasteiger partial charge in [-0.1, -0.05) is 277 Å². The number of nitriles is 4. The van der Waals surface area contributed by atoms with Crippen LogP contribution in [-0.4, -0.2) is 38.0 Å². The molecule has 16 rings (SSSR count). The normalized spacial score (nSPS) is 14.4. The summed E-state index contributed by atoms with van der Waals surface area (Å²) >= 11 is 6.97. The van der Waals surface area contributed by atoms with Crippen LogP contribution in [0.4, 0.5) is 0 Å². The quantitative estimate of drug-likeness (QED) is 0.0206. The van der Waals surface area contributed by atoms with Crippen molar-refractivity contribution in [3.8, 4) is 68.2 Å². The molecule has 0 bridgehead atoms. The van der Waals surface area contributed by atoms with E-state index in [9.17, 15) is 30.6 Å². The van der Waals surface area contributed by atoms with Gasteiger partial charge >= 0.3 is 0 Å². The molecule has 4 heterocycles. The van der Waals surface area contributed by atoms with E-state index in [-0.39, 0.29) is 22.7 Å². The monoisotopic (exact) mass is 1650 g/mol. The minimum absolute atomic E-state index is 0.109. The van der Waals surface area contributed by atoms with E-state index in [2.05, 4.69) is 185 Å². The highest BCUT2D eigenvalue weighted by Crippen LogP contribution is 2.70. The van der Waals surface area contributed by atoms with Crippen molar-refractivity contribution < 1.29 is 28.5 Å². The molecule has 8 aromatic carbocycles. The van der Waals surface area contributed by atoms with Crippen LogP contribution in [0.1, 0.15) is 268 Å². The molecule has 0 unspecified atom stereocenters. The number of hydrogen-bond acceptors (Lipinski definition) is 14. The fraction of sp³-hybridized carbons (Fsp3) is 0.321. The molecule has 10 nitrogen and oxygen atoms in total. The molecule has 4 aliphatic carbocycles. The summed E-state index contributed by atoms with van der Waals surface area (Å²) < 4.78 is 31.2. The van der Waals surface area contributed by atoms with E-state index in [1.165, 1.54) is 114 Å². The Morgan fingerprint density at radius 2 is 0.600 bits per heavy atom. The minimum atomic E-state index is -1.01. The first-order valence-corrected chi connectivity index (χ1v) is 46.8. The van der Waals surface area contributed by atoms with Gasteiger partial charge in [0.2, 0.25) is 0 Å². The minimum Gasteiger partial charge on any atom is -0.494 e. The predicted molar refractivity (Wildman–Crippen MR) is 494 cm³/mol. The van der Waals surface area contributed by atoms with E-state index in [0.29, 0.717) is 71.0 Å². The second-order valence-corrected chi connectivity index (χ2v) is 36.5. The van der Waals surface area contributed by atoms with Gasteiger partial charge in [0.15, 0.2) is 11.6 Å². The third-order valence-electron chi connectivity index (χ3n) is 24.6. The van der Waals surface area contributed by atoms with E-state index >= 15 is 0 Å². The fourth-order valence-corrected chi connectivity index (χ4v) is 24.3. The van der Waals surface area contributed by atoms with Crippen LogP contribution in [0.15, 0.2) is 204 Å². The Bertz CT molecular complexity index is 5620. The maximum Gasteiger partial charge on any atom is 0.194 e. The summed E-state index contributed by atoms with van der Waals surface area (Å²) in [4.78, 5) is 33.5. The molecule has 0 fully saturated rings. The third kappa shape index (κ3) is 15.6. The number of fused-ring (bicyclic) bond motifs is 15. The lowest BCUT2D eigenvalue weighted by molar-refractivity contribution is 0.103. The molecule has 0 spiro atoms. The molecule has 0 radical (unpaired) electrons. The second kappa shape index (κ2) is 37.6. The Labute approximate surface area is 722 Å². The average molecular weight is 1650 g/mol. The summed E-state index contributed by atoms with van der Waals surface area (Å²) in [5.41, 5.74) is 12.2. The number of carbonyl (C=O) groups excluding carboxylic acids is 2. The van der Waals surface area contributed by atoms with Crippen molar-refractivity contribution in [2.45, 2.75) is 193 Å². The van der Waals surface area contributed by atoms with E-state index in [1.54, 1.807) is 34.8 Å². The lowest BCUT2D eigenvalue weighted by atomic mass is 9.66. The molecule has 4 aliphatic rings. The first-order chi connectivity index (χ1) is 59.1. The molecular formula is C106H100N4O6S4. The summed E-state index contributed by atoms with van der Waals surface area (Å²) in [6.07, 6.45) is 31.4.